The van der Waals surface area contributed by atoms with Gasteiger partial charge in [0.15, 0.2) is 5.82 Å². The summed E-state index contributed by atoms with van der Waals surface area (Å²) in [5, 5.41) is 19.7. The first-order valence-electron chi connectivity index (χ1n) is 25.7. The van der Waals surface area contributed by atoms with Crippen molar-refractivity contribution in [3.63, 3.8) is 0 Å². The zero-order valence-electron chi connectivity index (χ0n) is 44.7. The summed E-state index contributed by atoms with van der Waals surface area (Å²) in [6, 6.07) is 17.3. The second kappa shape index (κ2) is 27.5. The third-order valence-corrected chi connectivity index (χ3v) is 13.5. The van der Waals surface area contributed by atoms with Gasteiger partial charge in [0.05, 0.1) is 99.4 Å². The van der Waals surface area contributed by atoms with Gasteiger partial charge in [-0.1, -0.05) is 45.0 Å². The van der Waals surface area contributed by atoms with E-state index in [-0.39, 0.29) is 50.8 Å². The predicted octanol–water partition coefficient (Wildman–Crippen LogP) is 6.79. The Morgan fingerprint density at radius 1 is 0.763 bits per heavy atom. The number of pyridine rings is 1. The Kier molecular flexibility index (Phi) is 20.7. The van der Waals surface area contributed by atoms with Gasteiger partial charge in [-0.15, -0.1) is 11.3 Å². The van der Waals surface area contributed by atoms with Gasteiger partial charge in [-0.2, -0.15) is 0 Å². The lowest BCUT2D eigenvalue weighted by molar-refractivity contribution is -0.144. The quantitative estimate of drug-likeness (QED) is 0.0371. The number of aromatic nitrogens is 6. The van der Waals surface area contributed by atoms with Crippen LogP contribution in [0.5, 0.6) is 5.75 Å². The third kappa shape index (κ3) is 16.0. The summed E-state index contributed by atoms with van der Waals surface area (Å²) >= 11 is 1.57. The first kappa shape index (κ1) is 57.2. The fourth-order valence-electron chi connectivity index (χ4n) is 8.72. The van der Waals surface area contributed by atoms with Gasteiger partial charge in [0.25, 0.3) is 0 Å². The number of hydrogen-bond donors (Lipinski definition) is 4. The molecule has 0 aliphatic carbocycles. The average molecular weight is 1070 g/mol. The molecule has 0 bridgehead atoms. The molecule has 0 saturated carbocycles. The van der Waals surface area contributed by atoms with Crippen LogP contribution >= 0.6 is 11.3 Å². The van der Waals surface area contributed by atoms with Crippen LogP contribution in [0.3, 0.4) is 0 Å². The second-order valence-electron chi connectivity index (χ2n) is 19.8. The summed E-state index contributed by atoms with van der Waals surface area (Å²) in [6.07, 6.45) is 2.69. The topological polar surface area (TPSA) is 236 Å². The minimum absolute atomic E-state index is 0.0226. The van der Waals surface area contributed by atoms with Crippen LogP contribution < -0.4 is 20.7 Å². The fraction of sp³-hybridized carbons (Fsp3) is 0.491. The number of nitrogens with zero attached hydrogens (tertiary/aromatic N) is 7. The van der Waals surface area contributed by atoms with Crippen LogP contribution in [0.25, 0.3) is 32.9 Å². The minimum atomic E-state index is -0.972. The highest BCUT2D eigenvalue weighted by Gasteiger charge is 2.44. The van der Waals surface area contributed by atoms with E-state index >= 15 is 0 Å². The Morgan fingerprint density at radius 3 is 2.01 bits per heavy atom. The van der Waals surface area contributed by atoms with Crippen molar-refractivity contribution in [3.8, 4) is 27.6 Å². The lowest BCUT2D eigenvalue weighted by atomic mass is 9.85. The van der Waals surface area contributed by atoms with Crippen molar-refractivity contribution in [1.82, 2.24) is 45.0 Å². The summed E-state index contributed by atoms with van der Waals surface area (Å²) in [5.41, 5.74) is 6.72. The lowest BCUT2D eigenvalue weighted by Crippen LogP contribution is -2.58. The van der Waals surface area contributed by atoms with Crippen LogP contribution in [0, 0.1) is 19.3 Å². The molecule has 0 unspecified atom stereocenters. The zero-order chi connectivity index (χ0) is 54.2. The number of rotatable bonds is 28. The number of aliphatic hydroxyl groups is 1. The molecular weight excluding hydrogens is 993 g/mol. The number of nitrogens with one attached hydrogen (secondary N) is 3. The number of carbonyl (C=O) groups is 3. The SMILES string of the molecule is Cc1ncsc1-c1ccc([C@H](C)NC(=O)[C@H]2C[C@H](O)CN2C(=O)[C@@H](NC(=O)COCCOCCOCCOCCOCCOc2ccc(-c3nccc(Nc4cc5c(cn4)nc(C)n5C(C)C)n3)cc2)C(C)(C)C)cc1. The molecule has 2 aromatic carbocycles. The molecule has 4 aromatic heterocycles. The van der Waals surface area contributed by atoms with Gasteiger partial charge in [0, 0.05) is 36.8 Å². The number of benzene rings is 2. The number of aryl methyl sites for hydroxylation is 2. The number of imidazole rings is 1. The Labute approximate surface area is 448 Å². The van der Waals surface area contributed by atoms with Crippen molar-refractivity contribution in [1.29, 1.82) is 0 Å². The van der Waals surface area contributed by atoms with E-state index in [0.717, 1.165) is 44.1 Å². The number of aliphatic hydroxyl groups excluding tert-OH is 1. The number of ether oxygens (including phenoxy) is 6. The summed E-state index contributed by atoms with van der Waals surface area (Å²) in [6.45, 7) is 18.8. The monoisotopic (exact) mass is 1060 g/mol. The molecule has 1 aliphatic heterocycles. The molecule has 4 atom stereocenters. The van der Waals surface area contributed by atoms with Crippen molar-refractivity contribution in [2.45, 2.75) is 92.1 Å². The standard InChI is InChI=1S/C55H72N10O10S/c1-35(2)65-38(5)60-44-31-57-48(30-45(44)65)61-47-17-18-56-52(62-47)41-13-15-43(16-14-41)75-28-27-73-24-23-71-20-19-70-21-22-72-25-26-74-33-49(67)63-51(55(6,7)8)54(69)64-32-42(66)29-46(64)53(68)59-36(3)39-9-11-40(12-10-39)50-37(4)58-34-76-50/h9-18,30-31,34-36,42,46,51,66H,19-29,32-33H2,1-8H3,(H,59,68)(H,63,67)(H,56,57,61,62)/t36-,42-,46+,51+/m0/s1. The summed E-state index contributed by atoms with van der Waals surface area (Å²) in [5.74, 6) is 2.21. The van der Waals surface area contributed by atoms with E-state index in [9.17, 15) is 19.5 Å². The highest BCUT2D eigenvalue weighted by atomic mass is 32.1. The molecule has 7 rings (SSSR count). The molecule has 5 heterocycles. The fourth-order valence-corrected chi connectivity index (χ4v) is 9.53. The molecule has 0 radical (unpaired) electrons. The third-order valence-electron chi connectivity index (χ3n) is 12.6. The molecule has 1 saturated heterocycles. The average Bonchev–Trinajstić information content (AvgIpc) is 4.11. The molecule has 21 heteroatoms. The van der Waals surface area contributed by atoms with Gasteiger partial charge >= 0.3 is 0 Å². The van der Waals surface area contributed by atoms with Gasteiger partial charge in [0.2, 0.25) is 17.7 Å². The van der Waals surface area contributed by atoms with Crippen LogP contribution in [0.2, 0.25) is 0 Å². The molecule has 6 aromatic rings. The van der Waals surface area contributed by atoms with Gasteiger partial charge < -0.3 is 58.9 Å². The van der Waals surface area contributed by atoms with E-state index in [1.54, 1.807) is 29.8 Å². The van der Waals surface area contributed by atoms with E-state index in [2.05, 4.69) is 54.3 Å². The number of anilines is 2. The Hall–Kier alpha value is -6.46. The van der Waals surface area contributed by atoms with Crippen molar-refractivity contribution in [3.05, 3.63) is 95.6 Å². The van der Waals surface area contributed by atoms with Gasteiger partial charge in [-0.3, -0.25) is 14.4 Å². The highest BCUT2D eigenvalue weighted by Crippen LogP contribution is 2.30. The van der Waals surface area contributed by atoms with E-state index in [1.807, 2.05) is 102 Å². The smallest absolute Gasteiger partial charge is 0.246 e. The molecule has 4 N–H and O–H groups in total. The van der Waals surface area contributed by atoms with Crippen molar-refractivity contribution >= 4 is 51.7 Å². The molecule has 0 spiro atoms. The van der Waals surface area contributed by atoms with Crippen LogP contribution in [-0.2, 0) is 38.1 Å². The van der Waals surface area contributed by atoms with Gasteiger partial charge in [-0.25, -0.2) is 24.9 Å². The zero-order valence-corrected chi connectivity index (χ0v) is 45.6. The van der Waals surface area contributed by atoms with Crippen molar-refractivity contribution in [2.75, 3.05) is 84.5 Å². The Balaban J connectivity index is 0.696. The van der Waals surface area contributed by atoms with Crippen LogP contribution in [0.1, 0.15) is 77.1 Å². The van der Waals surface area contributed by atoms with E-state index in [1.165, 1.54) is 4.90 Å². The van der Waals surface area contributed by atoms with Crippen molar-refractivity contribution < 1.29 is 47.9 Å². The highest BCUT2D eigenvalue weighted by molar-refractivity contribution is 7.13. The number of thiazole rings is 1. The number of likely N-dealkylation sites (tertiary alicyclic amines) is 1. The summed E-state index contributed by atoms with van der Waals surface area (Å²) in [4.78, 5) is 65.7. The van der Waals surface area contributed by atoms with Crippen LogP contribution in [0.15, 0.2) is 78.6 Å². The number of β-amino-alcohol motifs (C(OH)–C–C–N with tert-alkyl or cyclic N) is 1. The van der Waals surface area contributed by atoms with Gasteiger partial charge in [-0.05, 0) is 81.5 Å². The van der Waals surface area contributed by atoms with E-state index in [0.29, 0.717) is 76.1 Å². The van der Waals surface area contributed by atoms with Crippen LogP contribution in [-0.4, -0.2) is 155 Å². The summed E-state index contributed by atoms with van der Waals surface area (Å²) < 4.78 is 36.0. The van der Waals surface area contributed by atoms with Crippen molar-refractivity contribution in [2.24, 2.45) is 5.41 Å². The maximum Gasteiger partial charge on any atom is 0.246 e. The molecular formula is C55H72N10O10S. The molecule has 1 aliphatic rings. The number of amides is 3. The largest absolute Gasteiger partial charge is 0.491 e. The maximum absolute atomic E-state index is 14.0. The Morgan fingerprint density at radius 2 is 1.39 bits per heavy atom. The maximum atomic E-state index is 14.0. The molecule has 1 fully saturated rings. The normalized spacial score (nSPS) is 15.5. The summed E-state index contributed by atoms with van der Waals surface area (Å²) in [7, 11) is 0. The Bertz CT molecular complexity index is 2820. The molecule has 76 heavy (non-hydrogen) atoms. The first-order chi connectivity index (χ1) is 36.5. The van der Waals surface area contributed by atoms with E-state index in [4.69, 9.17) is 33.4 Å². The molecule has 408 valence electrons. The van der Waals surface area contributed by atoms with Gasteiger partial charge in [0.1, 0.15) is 54.0 Å². The first-order valence-corrected chi connectivity index (χ1v) is 26.6. The number of carbonyl (C=O) groups excluding carboxylic acids is 3. The number of hydrogen-bond acceptors (Lipinski definition) is 17. The number of fused-ring (bicyclic) bond motifs is 1. The van der Waals surface area contributed by atoms with E-state index < -0.39 is 35.4 Å². The lowest BCUT2D eigenvalue weighted by Gasteiger charge is -2.35. The molecule has 20 nitrogen and oxygen atoms in total. The molecule has 3 amide bonds. The second-order valence-corrected chi connectivity index (χ2v) is 20.7. The van der Waals surface area contributed by atoms with Crippen LogP contribution in [0.4, 0.5) is 11.6 Å². The predicted molar refractivity (Wildman–Crippen MR) is 289 cm³/mol. The minimum Gasteiger partial charge on any atom is -0.491 e.